The van der Waals surface area contributed by atoms with E-state index in [4.69, 9.17) is 0 Å². The van der Waals surface area contributed by atoms with E-state index in [9.17, 15) is 5.11 Å². The van der Waals surface area contributed by atoms with Gasteiger partial charge in [0, 0.05) is 28.8 Å². The Balaban J connectivity index is 2.24. The average Bonchev–Trinajstić information content (AvgIpc) is 2.32. The first kappa shape index (κ1) is 12.9. The summed E-state index contributed by atoms with van der Waals surface area (Å²) in [4.78, 5) is 2.40. The van der Waals surface area contributed by atoms with Gasteiger partial charge in [0.05, 0.1) is 6.61 Å². The van der Waals surface area contributed by atoms with Gasteiger partial charge in [0.15, 0.2) is 0 Å². The third-order valence-electron chi connectivity index (χ3n) is 3.89. The summed E-state index contributed by atoms with van der Waals surface area (Å²) in [6, 6.07) is 6.11. The lowest BCUT2D eigenvalue weighted by atomic mass is 9.88. The molecule has 0 aliphatic carbocycles. The van der Waals surface area contributed by atoms with Crippen LogP contribution in [-0.2, 0) is 6.61 Å². The Kier molecular flexibility index (Phi) is 4.10. The molecule has 1 heterocycles. The van der Waals surface area contributed by atoms with E-state index in [0.29, 0.717) is 5.92 Å². The van der Waals surface area contributed by atoms with Crippen LogP contribution in [0.1, 0.15) is 25.8 Å². The summed E-state index contributed by atoms with van der Waals surface area (Å²) in [5, 5.41) is 9.42. The van der Waals surface area contributed by atoms with Crippen LogP contribution < -0.4 is 4.90 Å². The maximum atomic E-state index is 9.42. The van der Waals surface area contributed by atoms with Crippen LogP contribution >= 0.6 is 15.9 Å². The molecule has 0 saturated carbocycles. The van der Waals surface area contributed by atoms with Crippen molar-refractivity contribution in [1.29, 1.82) is 0 Å². The summed E-state index contributed by atoms with van der Waals surface area (Å²) in [6.45, 7) is 6.94. The molecule has 0 spiro atoms. The van der Waals surface area contributed by atoms with Gasteiger partial charge < -0.3 is 10.0 Å². The average molecular weight is 298 g/mol. The van der Waals surface area contributed by atoms with Crippen molar-refractivity contribution in [2.24, 2.45) is 11.8 Å². The molecule has 1 fully saturated rings. The van der Waals surface area contributed by atoms with Crippen LogP contribution in [0, 0.1) is 11.8 Å². The molecule has 2 nitrogen and oxygen atoms in total. The van der Waals surface area contributed by atoms with Crippen molar-refractivity contribution in [1.82, 2.24) is 0 Å². The van der Waals surface area contributed by atoms with Crippen LogP contribution in [0.4, 0.5) is 5.69 Å². The quantitative estimate of drug-likeness (QED) is 0.904. The molecule has 0 radical (unpaired) electrons. The number of benzene rings is 1. The van der Waals surface area contributed by atoms with Gasteiger partial charge in [-0.1, -0.05) is 35.8 Å². The molecule has 1 aliphatic heterocycles. The molecule has 2 rings (SSSR count). The van der Waals surface area contributed by atoms with Crippen LogP contribution in [0.3, 0.4) is 0 Å². The Hall–Kier alpha value is -0.540. The summed E-state index contributed by atoms with van der Waals surface area (Å²) < 4.78 is 1.08. The molecule has 17 heavy (non-hydrogen) atoms. The van der Waals surface area contributed by atoms with Gasteiger partial charge >= 0.3 is 0 Å². The second-order valence-corrected chi connectivity index (χ2v) is 6.04. The summed E-state index contributed by atoms with van der Waals surface area (Å²) in [7, 11) is 0. The maximum Gasteiger partial charge on any atom is 0.0702 e. The maximum absolute atomic E-state index is 9.42. The van der Waals surface area contributed by atoms with E-state index in [1.807, 2.05) is 12.1 Å². The van der Waals surface area contributed by atoms with E-state index < -0.39 is 0 Å². The summed E-state index contributed by atoms with van der Waals surface area (Å²) in [5.41, 5.74) is 2.20. The number of nitrogens with zero attached hydrogens (tertiary/aromatic N) is 1. The fourth-order valence-electron chi connectivity index (χ4n) is 2.45. The van der Waals surface area contributed by atoms with Gasteiger partial charge in [-0.25, -0.2) is 0 Å². The van der Waals surface area contributed by atoms with Crippen LogP contribution in [0.25, 0.3) is 0 Å². The first-order valence-electron chi connectivity index (χ1n) is 6.26. The van der Waals surface area contributed by atoms with Crippen molar-refractivity contribution in [3.05, 3.63) is 28.2 Å². The number of hydrogen-bond acceptors (Lipinski definition) is 2. The Morgan fingerprint density at radius 1 is 1.35 bits per heavy atom. The fraction of sp³-hybridized carbons (Fsp3) is 0.571. The molecule has 1 N–H and O–H groups in total. The van der Waals surface area contributed by atoms with Gasteiger partial charge in [-0.15, -0.1) is 0 Å². The Labute approximate surface area is 112 Å². The Morgan fingerprint density at radius 3 is 2.76 bits per heavy atom. The van der Waals surface area contributed by atoms with Crippen molar-refractivity contribution in [3.8, 4) is 0 Å². The highest BCUT2D eigenvalue weighted by atomic mass is 79.9. The van der Waals surface area contributed by atoms with Crippen molar-refractivity contribution in [2.75, 3.05) is 18.0 Å². The zero-order valence-electron chi connectivity index (χ0n) is 10.5. The second-order valence-electron chi connectivity index (χ2n) is 5.12. The minimum Gasteiger partial charge on any atom is -0.392 e. The van der Waals surface area contributed by atoms with Gasteiger partial charge in [-0.05, 0) is 30.4 Å². The predicted octanol–water partition coefficient (Wildman–Crippen LogP) is 3.42. The van der Waals surface area contributed by atoms with E-state index in [1.54, 1.807) is 0 Å². The van der Waals surface area contributed by atoms with Gasteiger partial charge in [0.1, 0.15) is 0 Å². The highest BCUT2D eigenvalue weighted by molar-refractivity contribution is 9.10. The molecular formula is C14H20BrNO. The minimum atomic E-state index is 0.114. The third kappa shape index (κ3) is 2.83. The number of aliphatic hydroxyl groups is 1. The number of anilines is 1. The number of halogens is 1. The molecule has 2 unspecified atom stereocenters. The second kappa shape index (κ2) is 5.40. The van der Waals surface area contributed by atoms with Crippen molar-refractivity contribution < 1.29 is 5.11 Å². The molecule has 3 heteroatoms. The molecule has 0 bridgehead atoms. The molecule has 94 valence electrons. The largest absolute Gasteiger partial charge is 0.392 e. The lowest BCUT2D eigenvalue weighted by Gasteiger charge is -2.37. The van der Waals surface area contributed by atoms with Gasteiger partial charge in [-0.3, -0.25) is 0 Å². The van der Waals surface area contributed by atoms with E-state index >= 15 is 0 Å². The third-order valence-corrected chi connectivity index (χ3v) is 4.39. The minimum absolute atomic E-state index is 0.114. The Bertz CT molecular complexity index is 394. The summed E-state index contributed by atoms with van der Waals surface area (Å²) in [6.07, 6.45) is 1.23. The highest BCUT2D eigenvalue weighted by Gasteiger charge is 2.24. The van der Waals surface area contributed by atoms with Crippen LogP contribution in [-0.4, -0.2) is 18.2 Å². The van der Waals surface area contributed by atoms with Gasteiger partial charge in [-0.2, -0.15) is 0 Å². The SMILES string of the molecule is CC1CCN(c2cc(Br)ccc2CO)CC1C. The number of rotatable bonds is 2. The first-order valence-corrected chi connectivity index (χ1v) is 7.05. The number of piperidine rings is 1. The van der Waals surface area contributed by atoms with E-state index in [-0.39, 0.29) is 6.61 Å². The molecule has 1 aromatic rings. The normalized spacial score (nSPS) is 25.1. The van der Waals surface area contributed by atoms with Crippen molar-refractivity contribution in [2.45, 2.75) is 26.9 Å². The molecule has 1 saturated heterocycles. The summed E-state index contributed by atoms with van der Waals surface area (Å²) >= 11 is 3.51. The molecule has 0 amide bonds. The Morgan fingerprint density at radius 2 is 2.12 bits per heavy atom. The van der Waals surface area contributed by atoms with Crippen molar-refractivity contribution in [3.63, 3.8) is 0 Å². The van der Waals surface area contributed by atoms with Crippen LogP contribution in [0.2, 0.25) is 0 Å². The number of hydrogen-bond donors (Lipinski definition) is 1. The molecule has 1 aromatic carbocycles. The lowest BCUT2D eigenvalue weighted by molar-refractivity contribution is 0.280. The molecule has 0 aromatic heterocycles. The van der Waals surface area contributed by atoms with Crippen LogP contribution in [0.5, 0.6) is 0 Å². The molecule has 1 aliphatic rings. The zero-order chi connectivity index (χ0) is 12.4. The van der Waals surface area contributed by atoms with Gasteiger partial charge in [0.2, 0.25) is 0 Å². The predicted molar refractivity (Wildman–Crippen MR) is 75.2 cm³/mol. The monoisotopic (exact) mass is 297 g/mol. The standard InChI is InChI=1S/C14H20BrNO/c1-10-5-6-16(8-11(10)2)14-7-13(15)4-3-12(14)9-17/h3-4,7,10-11,17H,5-6,8-9H2,1-2H3. The van der Waals surface area contributed by atoms with Crippen molar-refractivity contribution >= 4 is 21.6 Å². The summed E-state index contributed by atoms with van der Waals surface area (Å²) in [5.74, 6) is 1.52. The van der Waals surface area contributed by atoms with E-state index in [1.165, 1.54) is 12.1 Å². The van der Waals surface area contributed by atoms with Gasteiger partial charge in [0.25, 0.3) is 0 Å². The van der Waals surface area contributed by atoms with E-state index in [2.05, 4.69) is 40.7 Å². The first-order chi connectivity index (χ1) is 8.11. The topological polar surface area (TPSA) is 23.5 Å². The zero-order valence-corrected chi connectivity index (χ0v) is 12.1. The highest BCUT2D eigenvalue weighted by Crippen LogP contribution is 2.31. The fourth-order valence-corrected chi connectivity index (χ4v) is 2.80. The number of aliphatic hydroxyl groups excluding tert-OH is 1. The van der Waals surface area contributed by atoms with Crippen LogP contribution in [0.15, 0.2) is 22.7 Å². The molecular weight excluding hydrogens is 278 g/mol. The molecule has 2 atom stereocenters. The smallest absolute Gasteiger partial charge is 0.0702 e. The van der Waals surface area contributed by atoms with E-state index in [0.717, 1.165) is 29.0 Å². The lowest BCUT2D eigenvalue weighted by Crippen LogP contribution is -2.38.